The first kappa shape index (κ1) is 20.7. The lowest BCUT2D eigenvalue weighted by molar-refractivity contribution is 0.354. The van der Waals surface area contributed by atoms with Crippen molar-refractivity contribution in [2.24, 2.45) is 0 Å². The van der Waals surface area contributed by atoms with Crippen LogP contribution in [0.5, 0.6) is 23.0 Å². The van der Waals surface area contributed by atoms with Crippen LogP contribution in [0.4, 0.5) is 0 Å². The molecule has 4 bridgehead atoms. The lowest BCUT2D eigenvalue weighted by Crippen LogP contribution is -2.11. The van der Waals surface area contributed by atoms with Gasteiger partial charge in [0.2, 0.25) is 0 Å². The molecule has 0 unspecified atom stereocenters. The van der Waals surface area contributed by atoms with E-state index in [1.807, 2.05) is 0 Å². The van der Waals surface area contributed by atoms with Crippen molar-refractivity contribution in [1.29, 1.82) is 0 Å². The zero-order valence-corrected chi connectivity index (χ0v) is 21.6. The second-order valence-electron chi connectivity index (χ2n) is 8.88. The molecule has 0 spiro atoms. The Hall–Kier alpha value is -1.92. The van der Waals surface area contributed by atoms with Gasteiger partial charge in [0.15, 0.2) is 23.0 Å². The summed E-state index contributed by atoms with van der Waals surface area (Å²) in [5.41, 5.74) is 8.36. The summed E-state index contributed by atoms with van der Waals surface area (Å²) >= 11 is 8.04. The molecule has 166 valence electrons. The van der Waals surface area contributed by atoms with Gasteiger partial charge in [0.05, 0.1) is 28.4 Å². The Bertz CT molecular complexity index is 1130. The molecule has 0 aromatic heterocycles. The summed E-state index contributed by atoms with van der Waals surface area (Å²) in [5, 5.41) is 0. The molecular formula is C26H24Br2O4. The predicted molar refractivity (Wildman–Crippen MR) is 131 cm³/mol. The quantitative estimate of drug-likeness (QED) is 0.400. The molecule has 0 heterocycles. The van der Waals surface area contributed by atoms with Crippen molar-refractivity contribution < 1.29 is 18.9 Å². The second kappa shape index (κ2) is 7.29. The van der Waals surface area contributed by atoms with E-state index >= 15 is 0 Å². The van der Waals surface area contributed by atoms with Crippen LogP contribution in [-0.4, -0.2) is 28.4 Å². The van der Waals surface area contributed by atoms with Gasteiger partial charge in [-0.05, 0) is 70.5 Å². The van der Waals surface area contributed by atoms with E-state index in [0.717, 1.165) is 35.8 Å². The van der Waals surface area contributed by atoms with Crippen LogP contribution in [0.2, 0.25) is 0 Å². The molecule has 6 heteroatoms. The van der Waals surface area contributed by atoms with E-state index in [2.05, 4.69) is 56.1 Å². The van der Waals surface area contributed by atoms with Gasteiger partial charge in [0.25, 0.3) is 0 Å². The molecule has 2 aromatic rings. The molecule has 0 amide bonds. The van der Waals surface area contributed by atoms with E-state index in [1.54, 1.807) is 28.4 Å². The molecule has 6 rings (SSSR count). The summed E-state index contributed by atoms with van der Waals surface area (Å²) in [7, 11) is 6.81. The Kier molecular flexibility index (Phi) is 4.71. The highest BCUT2D eigenvalue weighted by molar-refractivity contribution is 9.12. The molecule has 0 N–H and O–H groups in total. The number of rotatable bonds is 5. The smallest absolute Gasteiger partial charge is 0.161 e. The minimum Gasteiger partial charge on any atom is -0.493 e. The largest absolute Gasteiger partial charge is 0.493 e. The van der Waals surface area contributed by atoms with E-state index < -0.39 is 0 Å². The maximum atomic E-state index is 5.62. The van der Waals surface area contributed by atoms with Crippen LogP contribution >= 0.6 is 31.9 Å². The fourth-order valence-electron chi connectivity index (χ4n) is 6.37. The number of fused-ring (bicyclic) bond motifs is 10. The SMILES string of the molecule is COc1cc2c(cc1OC)[C@H]1C[C@@H]2C(C2=C(Br)[C@@H]3C[C@H]2c2cc(OC)c(OC)cc23)=C1Br. The summed E-state index contributed by atoms with van der Waals surface area (Å²) in [6.07, 6.45) is 2.20. The van der Waals surface area contributed by atoms with Crippen molar-refractivity contribution in [2.75, 3.05) is 28.4 Å². The molecule has 0 radical (unpaired) electrons. The van der Waals surface area contributed by atoms with Gasteiger partial charge in [-0.3, -0.25) is 0 Å². The minimum atomic E-state index is 0.370. The highest BCUT2D eigenvalue weighted by atomic mass is 79.9. The fourth-order valence-corrected chi connectivity index (χ4v) is 8.22. The second-order valence-corrected chi connectivity index (χ2v) is 10.6. The van der Waals surface area contributed by atoms with Crippen LogP contribution in [0.1, 0.15) is 58.8 Å². The topological polar surface area (TPSA) is 36.9 Å². The van der Waals surface area contributed by atoms with Crippen molar-refractivity contribution in [1.82, 2.24) is 0 Å². The van der Waals surface area contributed by atoms with Crippen LogP contribution in [0.25, 0.3) is 0 Å². The first-order chi connectivity index (χ1) is 15.5. The van der Waals surface area contributed by atoms with Crippen molar-refractivity contribution in [3.8, 4) is 23.0 Å². The maximum absolute atomic E-state index is 5.62. The summed E-state index contributed by atoms with van der Waals surface area (Å²) in [5.74, 6) is 4.70. The normalized spacial score (nSPS) is 26.6. The van der Waals surface area contributed by atoms with E-state index in [0.29, 0.717) is 23.7 Å². The van der Waals surface area contributed by atoms with E-state index in [4.69, 9.17) is 18.9 Å². The zero-order valence-electron chi connectivity index (χ0n) is 18.4. The molecular weight excluding hydrogens is 536 g/mol. The maximum Gasteiger partial charge on any atom is 0.161 e. The first-order valence-corrected chi connectivity index (χ1v) is 12.4. The van der Waals surface area contributed by atoms with Gasteiger partial charge in [0.1, 0.15) is 0 Å². The molecule has 32 heavy (non-hydrogen) atoms. The number of benzene rings is 2. The van der Waals surface area contributed by atoms with Crippen LogP contribution in [0.15, 0.2) is 44.4 Å². The molecule has 0 fully saturated rings. The zero-order chi connectivity index (χ0) is 22.3. The van der Waals surface area contributed by atoms with E-state index in [1.165, 1.54) is 42.4 Å². The molecule has 4 nitrogen and oxygen atoms in total. The molecule has 0 aliphatic heterocycles. The number of methoxy groups -OCH3 is 4. The highest BCUT2D eigenvalue weighted by Gasteiger charge is 2.51. The molecule has 0 saturated carbocycles. The van der Waals surface area contributed by atoms with Crippen LogP contribution in [0, 0.1) is 0 Å². The third kappa shape index (κ3) is 2.54. The summed E-state index contributed by atoms with van der Waals surface area (Å²) < 4.78 is 25.0. The van der Waals surface area contributed by atoms with Crippen molar-refractivity contribution in [3.05, 3.63) is 66.6 Å². The molecule has 2 aromatic carbocycles. The van der Waals surface area contributed by atoms with Gasteiger partial charge in [-0.1, -0.05) is 31.9 Å². The number of hydrogen-bond acceptors (Lipinski definition) is 4. The van der Waals surface area contributed by atoms with Crippen LogP contribution < -0.4 is 18.9 Å². The first-order valence-electron chi connectivity index (χ1n) is 10.8. The lowest BCUT2D eigenvalue weighted by atomic mass is 9.80. The predicted octanol–water partition coefficient (Wildman–Crippen LogP) is 6.89. The molecule has 0 saturated heterocycles. The fraction of sp³-hybridized carbons (Fsp3) is 0.385. The molecule has 4 atom stereocenters. The number of halogens is 2. The van der Waals surface area contributed by atoms with Gasteiger partial charge < -0.3 is 18.9 Å². The Morgan fingerprint density at radius 3 is 1.09 bits per heavy atom. The van der Waals surface area contributed by atoms with Crippen LogP contribution in [-0.2, 0) is 0 Å². The number of allylic oxidation sites excluding steroid dienone is 4. The Morgan fingerprint density at radius 2 is 0.812 bits per heavy atom. The molecule has 4 aliphatic carbocycles. The lowest BCUT2D eigenvalue weighted by Gasteiger charge is -2.28. The van der Waals surface area contributed by atoms with Gasteiger partial charge in [-0.15, -0.1) is 0 Å². The van der Waals surface area contributed by atoms with Gasteiger partial charge in [-0.25, -0.2) is 0 Å². The summed E-state index contributed by atoms with van der Waals surface area (Å²) in [6.45, 7) is 0. The highest BCUT2D eigenvalue weighted by Crippen LogP contribution is 2.68. The van der Waals surface area contributed by atoms with Gasteiger partial charge >= 0.3 is 0 Å². The summed E-state index contributed by atoms with van der Waals surface area (Å²) in [4.78, 5) is 0. The van der Waals surface area contributed by atoms with Gasteiger partial charge in [0, 0.05) is 32.6 Å². The monoisotopic (exact) mass is 558 g/mol. The Morgan fingerprint density at radius 1 is 0.531 bits per heavy atom. The third-order valence-electron chi connectivity index (χ3n) is 7.74. The minimum absolute atomic E-state index is 0.370. The average molecular weight is 560 g/mol. The standard InChI is InChI=1S/C26H24Br2O4/c1-29-19-7-11-13(9-21(19)31-3)17-5-15(11)23(25(17)27)24-16-6-18(26(24)28)14-10-22(32-4)20(30-2)8-12(14)16/h7-10,15-18H,5-6H2,1-4H3/t15-,16-,17+,18+/m0/s1. The van der Waals surface area contributed by atoms with Crippen molar-refractivity contribution in [3.63, 3.8) is 0 Å². The van der Waals surface area contributed by atoms with E-state index in [9.17, 15) is 0 Å². The third-order valence-corrected chi connectivity index (χ3v) is 9.70. The van der Waals surface area contributed by atoms with Crippen molar-refractivity contribution >= 4 is 31.9 Å². The Labute approximate surface area is 204 Å². The van der Waals surface area contributed by atoms with Gasteiger partial charge in [-0.2, -0.15) is 0 Å². The van der Waals surface area contributed by atoms with Crippen LogP contribution in [0.3, 0.4) is 0 Å². The van der Waals surface area contributed by atoms with Crippen molar-refractivity contribution in [2.45, 2.75) is 36.5 Å². The average Bonchev–Trinajstić information content (AvgIpc) is 3.54. The Balaban J connectivity index is 1.46. The number of hydrogen-bond donors (Lipinski definition) is 0. The summed E-state index contributed by atoms with van der Waals surface area (Å²) in [6, 6.07) is 8.69. The molecule has 4 aliphatic rings. The van der Waals surface area contributed by atoms with E-state index in [-0.39, 0.29) is 0 Å². The number of ether oxygens (including phenoxy) is 4.